The van der Waals surface area contributed by atoms with Crippen LogP contribution in [0.4, 0.5) is 0 Å². The third kappa shape index (κ3) is 5.15. The first-order valence-electron chi connectivity index (χ1n) is 7.66. The van der Waals surface area contributed by atoms with Gasteiger partial charge in [0.15, 0.2) is 0 Å². The molecule has 5 nitrogen and oxygen atoms in total. The number of rotatable bonds is 6. The third-order valence-electron chi connectivity index (χ3n) is 4.73. The Hall–Kier alpha value is -0.810. The lowest BCUT2D eigenvalue weighted by atomic mass is 9.82. The molecule has 1 heterocycles. The molecule has 1 atom stereocenters. The van der Waals surface area contributed by atoms with Crippen molar-refractivity contribution >= 4 is 24.2 Å². The Morgan fingerprint density at radius 3 is 2.29 bits per heavy atom. The Morgan fingerprint density at radius 2 is 1.86 bits per heavy atom. The number of carbonyl (C=O) groups is 2. The molecule has 0 saturated carbocycles. The maximum atomic E-state index is 12.1. The van der Waals surface area contributed by atoms with Crippen molar-refractivity contribution in [2.75, 3.05) is 19.6 Å². The van der Waals surface area contributed by atoms with Gasteiger partial charge in [-0.05, 0) is 30.6 Å². The summed E-state index contributed by atoms with van der Waals surface area (Å²) >= 11 is 0. The van der Waals surface area contributed by atoms with Crippen LogP contribution in [0.3, 0.4) is 0 Å². The summed E-state index contributed by atoms with van der Waals surface area (Å²) in [4.78, 5) is 25.7. The van der Waals surface area contributed by atoms with E-state index in [1.165, 1.54) is 0 Å². The first-order valence-corrected chi connectivity index (χ1v) is 7.66. The standard InChI is InChI=1S/C15H29N3O2.ClH/c1-5-15(6-2)7-8-18(10-15)12(19)9-17-14(20)13(16)11(3)4;/h11,13H,5-10,16H2,1-4H3,(H,17,20);1H/t13-;/m0./s1. The lowest BCUT2D eigenvalue weighted by Gasteiger charge is -2.26. The van der Waals surface area contributed by atoms with Gasteiger partial charge in [-0.2, -0.15) is 0 Å². The highest BCUT2D eigenvalue weighted by Gasteiger charge is 2.36. The smallest absolute Gasteiger partial charge is 0.241 e. The average Bonchev–Trinajstić information content (AvgIpc) is 2.88. The highest BCUT2D eigenvalue weighted by Crippen LogP contribution is 2.36. The molecule has 0 aromatic carbocycles. The lowest BCUT2D eigenvalue weighted by Crippen LogP contribution is -2.47. The van der Waals surface area contributed by atoms with Crippen molar-refractivity contribution < 1.29 is 9.59 Å². The van der Waals surface area contributed by atoms with Crippen LogP contribution in [0.25, 0.3) is 0 Å². The summed E-state index contributed by atoms with van der Waals surface area (Å²) in [5.41, 5.74) is 6.02. The van der Waals surface area contributed by atoms with E-state index in [0.29, 0.717) is 0 Å². The SMILES string of the molecule is CCC1(CC)CCN(C(=O)CNC(=O)[C@@H](N)C(C)C)C1.Cl. The zero-order valence-electron chi connectivity index (χ0n) is 13.6. The number of halogens is 1. The van der Waals surface area contributed by atoms with Crippen LogP contribution >= 0.6 is 12.4 Å². The van der Waals surface area contributed by atoms with Crippen LogP contribution in [-0.4, -0.2) is 42.4 Å². The quantitative estimate of drug-likeness (QED) is 0.780. The zero-order chi connectivity index (χ0) is 15.3. The molecule has 21 heavy (non-hydrogen) atoms. The van der Waals surface area contributed by atoms with Gasteiger partial charge < -0.3 is 16.0 Å². The van der Waals surface area contributed by atoms with Crippen LogP contribution in [0.1, 0.15) is 47.0 Å². The molecule has 0 spiro atoms. The van der Waals surface area contributed by atoms with Gasteiger partial charge in [0.2, 0.25) is 11.8 Å². The summed E-state index contributed by atoms with van der Waals surface area (Å²) in [5.74, 6) is -0.174. The number of nitrogens with one attached hydrogen (secondary N) is 1. The molecule has 2 amide bonds. The van der Waals surface area contributed by atoms with Gasteiger partial charge >= 0.3 is 0 Å². The van der Waals surface area contributed by atoms with Crippen LogP contribution in [0.15, 0.2) is 0 Å². The van der Waals surface area contributed by atoms with Gasteiger partial charge in [0.25, 0.3) is 0 Å². The summed E-state index contributed by atoms with van der Waals surface area (Å²) in [5, 5.41) is 2.65. The van der Waals surface area contributed by atoms with E-state index in [1.54, 1.807) is 0 Å². The fourth-order valence-corrected chi connectivity index (χ4v) is 2.67. The number of nitrogens with two attached hydrogens (primary N) is 1. The summed E-state index contributed by atoms with van der Waals surface area (Å²) in [7, 11) is 0. The molecule has 0 bridgehead atoms. The van der Waals surface area contributed by atoms with E-state index in [4.69, 9.17) is 5.73 Å². The van der Waals surface area contributed by atoms with Crippen molar-refractivity contribution in [3.05, 3.63) is 0 Å². The Bertz CT molecular complexity index is 357. The topological polar surface area (TPSA) is 75.4 Å². The summed E-state index contributed by atoms with van der Waals surface area (Å²) in [6, 6.07) is -0.549. The maximum absolute atomic E-state index is 12.1. The van der Waals surface area contributed by atoms with Crippen molar-refractivity contribution in [3.8, 4) is 0 Å². The first kappa shape index (κ1) is 20.2. The number of carbonyl (C=O) groups excluding carboxylic acids is 2. The minimum Gasteiger partial charge on any atom is -0.346 e. The largest absolute Gasteiger partial charge is 0.346 e. The summed E-state index contributed by atoms with van der Waals surface area (Å²) in [6.45, 7) is 9.81. The van der Waals surface area contributed by atoms with E-state index in [2.05, 4.69) is 19.2 Å². The molecule has 0 aromatic rings. The second-order valence-electron chi connectivity index (χ2n) is 6.26. The monoisotopic (exact) mass is 319 g/mol. The highest BCUT2D eigenvalue weighted by atomic mass is 35.5. The minimum absolute atomic E-state index is 0. The van der Waals surface area contributed by atoms with Gasteiger partial charge in [0.1, 0.15) is 0 Å². The Morgan fingerprint density at radius 1 is 1.29 bits per heavy atom. The van der Waals surface area contributed by atoms with Gasteiger partial charge in [0.05, 0.1) is 12.6 Å². The van der Waals surface area contributed by atoms with E-state index in [0.717, 1.165) is 32.4 Å². The molecule has 0 aromatic heterocycles. The normalized spacial score (nSPS) is 18.3. The maximum Gasteiger partial charge on any atom is 0.241 e. The second kappa shape index (κ2) is 8.59. The van der Waals surface area contributed by atoms with Crippen molar-refractivity contribution in [2.24, 2.45) is 17.1 Å². The fourth-order valence-electron chi connectivity index (χ4n) is 2.67. The number of nitrogens with zero attached hydrogens (tertiary/aromatic N) is 1. The predicted molar refractivity (Wildman–Crippen MR) is 87.3 cm³/mol. The van der Waals surface area contributed by atoms with Crippen LogP contribution < -0.4 is 11.1 Å². The molecule has 0 radical (unpaired) electrons. The number of hydrogen-bond donors (Lipinski definition) is 2. The van der Waals surface area contributed by atoms with Gasteiger partial charge in [-0.1, -0.05) is 27.7 Å². The molecule has 1 rings (SSSR count). The van der Waals surface area contributed by atoms with E-state index in [1.807, 2.05) is 18.7 Å². The van der Waals surface area contributed by atoms with Crippen LogP contribution in [-0.2, 0) is 9.59 Å². The first-order chi connectivity index (χ1) is 9.35. The van der Waals surface area contributed by atoms with E-state index >= 15 is 0 Å². The fraction of sp³-hybridized carbons (Fsp3) is 0.867. The molecule has 1 fully saturated rings. The summed E-state index contributed by atoms with van der Waals surface area (Å²) in [6.07, 6.45) is 3.25. The molecule has 0 unspecified atom stereocenters. The molecule has 1 aliphatic heterocycles. The van der Waals surface area contributed by atoms with Gasteiger partial charge in [-0.3, -0.25) is 9.59 Å². The Labute approximate surface area is 134 Å². The molecule has 1 aliphatic rings. The van der Waals surface area contributed by atoms with E-state index in [-0.39, 0.29) is 42.1 Å². The number of amides is 2. The Kier molecular flexibility index (Phi) is 8.26. The summed E-state index contributed by atoms with van der Waals surface area (Å²) < 4.78 is 0. The van der Waals surface area contributed by atoms with Crippen LogP contribution in [0.5, 0.6) is 0 Å². The molecule has 0 aliphatic carbocycles. The number of likely N-dealkylation sites (tertiary alicyclic amines) is 1. The second-order valence-corrected chi connectivity index (χ2v) is 6.26. The number of hydrogen-bond acceptors (Lipinski definition) is 3. The third-order valence-corrected chi connectivity index (χ3v) is 4.73. The van der Waals surface area contributed by atoms with Gasteiger partial charge in [-0.25, -0.2) is 0 Å². The van der Waals surface area contributed by atoms with Gasteiger partial charge in [-0.15, -0.1) is 12.4 Å². The molecular formula is C15H30ClN3O2. The Balaban J connectivity index is 0.00000400. The zero-order valence-corrected chi connectivity index (χ0v) is 14.5. The van der Waals surface area contributed by atoms with Crippen molar-refractivity contribution in [1.82, 2.24) is 10.2 Å². The molecule has 1 saturated heterocycles. The average molecular weight is 320 g/mol. The molecule has 124 valence electrons. The van der Waals surface area contributed by atoms with E-state index in [9.17, 15) is 9.59 Å². The van der Waals surface area contributed by atoms with E-state index < -0.39 is 6.04 Å². The van der Waals surface area contributed by atoms with Gasteiger partial charge in [0, 0.05) is 13.1 Å². The van der Waals surface area contributed by atoms with Crippen LogP contribution in [0, 0.1) is 11.3 Å². The predicted octanol–water partition coefficient (Wildman–Crippen LogP) is 1.55. The minimum atomic E-state index is -0.549. The molecule has 6 heteroatoms. The van der Waals surface area contributed by atoms with Crippen molar-refractivity contribution in [1.29, 1.82) is 0 Å². The lowest BCUT2D eigenvalue weighted by molar-refractivity contribution is -0.132. The molecular weight excluding hydrogens is 290 g/mol. The van der Waals surface area contributed by atoms with Crippen molar-refractivity contribution in [2.45, 2.75) is 53.0 Å². The molecule has 3 N–H and O–H groups in total. The highest BCUT2D eigenvalue weighted by molar-refractivity contribution is 5.87. The van der Waals surface area contributed by atoms with Crippen molar-refractivity contribution in [3.63, 3.8) is 0 Å². The van der Waals surface area contributed by atoms with Crippen LogP contribution in [0.2, 0.25) is 0 Å².